The molecule has 10 nitrogen and oxygen atoms in total. The molecule has 1 aromatic carbocycles. The minimum absolute atomic E-state index is 0.0283. The highest BCUT2D eigenvalue weighted by atomic mass is 16.6. The number of hydrogen-bond acceptors (Lipinski definition) is 7. The Kier molecular flexibility index (Phi) is 7.28. The first kappa shape index (κ1) is 26.3. The number of carbonyl (C=O) groups excluding carboxylic acids is 1. The Labute approximate surface area is 227 Å². The van der Waals surface area contributed by atoms with Gasteiger partial charge in [-0.25, -0.2) is 15.0 Å². The van der Waals surface area contributed by atoms with E-state index in [4.69, 9.17) is 9.82 Å². The van der Waals surface area contributed by atoms with Crippen LogP contribution < -0.4 is 5.32 Å². The predicted molar refractivity (Wildman–Crippen MR) is 152 cm³/mol. The van der Waals surface area contributed by atoms with Gasteiger partial charge in [-0.3, -0.25) is 9.48 Å². The monoisotopic (exact) mass is 526 g/mol. The Bertz CT molecular complexity index is 1540. The molecule has 1 atom stereocenters. The van der Waals surface area contributed by atoms with Crippen LogP contribution in [-0.4, -0.2) is 49.8 Å². The quantitative estimate of drug-likeness (QED) is 0.159. The first-order valence-corrected chi connectivity index (χ1v) is 13.2. The number of imidazole rings is 1. The molecule has 3 heterocycles. The maximum Gasteiger partial charge on any atom is 0.242 e. The smallest absolute Gasteiger partial charge is 0.242 e. The maximum atomic E-state index is 12.9. The number of hydrogen-bond donors (Lipinski definition) is 2. The molecule has 0 fully saturated rings. The summed E-state index contributed by atoms with van der Waals surface area (Å²) in [4.78, 5) is 35.1. The topological polar surface area (TPSA) is 122 Å². The first-order valence-electron chi connectivity index (χ1n) is 13.2. The van der Waals surface area contributed by atoms with Gasteiger partial charge in [0.05, 0.1) is 17.8 Å². The van der Waals surface area contributed by atoms with Crippen LogP contribution in [-0.2, 0) is 23.1 Å². The summed E-state index contributed by atoms with van der Waals surface area (Å²) < 4.78 is 1.75. The minimum atomic E-state index is -0.377. The number of aliphatic imine (C=N–C) groups is 1. The number of carbonyl (C=O) groups is 1. The normalized spacial score (nSPS) is 16.0. The molecule has 0 aliphatic heterocycles. The SMILES string of the molecule is C=NO/C(=N\CC(=O)NC1CCCCc2cc(-c3ccnc4[nH]c(-c5cnn(C)c5)nc34)ccc21)C(C)(C)C. The Morgan fingerprint density at radius 1 is 1.26 bits per heavy atom. The molecule has 1 amide bonds. The number of amides is 1. The molecule has 1 aliphatic carbocycles. The molecular formula is C29H34N8O2. The average Bonchev–Trinajstić information content (AvgIpc) is 3.48. The number of oxime groups is 1. The van der Waals surface area contributed by atoms with Crippen LogP contribution in [0.1, 0.15) is 57.2 Å². The lowest BCUT2D eigenvalue weighted by atomic mass is 9.94. The van der Waals surface area contributed by atoms with Gasteiger partial charge in [0.1, 0.15) is 17.9 Å². The van der Waals surface area contributed by atoms with Crippen LogP contribution in [0.3, 0.4) is 0 Å². The molecule has 5 rings (SSSR count). The highest BCUT2D eigenvalue weighted by molar-refractivity contribution is 5.91. The van der Waals surface area contributed by atoms with Crippen molar-refractivity contribution in [2.75, 3.05) is 6.54 Å². The molecule has 0 spiro atoms. The van der Waals surface area contributed by atoms with Crippen molar-refractivity contribution in [3.63, 3.8) is 0 Å². The lowest BCUT2D eigenvalue weighted by Crippen LogP contribution is -2.32. The van der Waals surface area contributed by atoms with Crippen molar-refractivity contribution < 1.29 is 9.63 Å². The van der Waals surface area contributed by atoms with Gasteiger partial charge in [0.15, 0.2) is 5.65 Å². The van der Waals surface area contributed by atoms with Crippen molar-refractivity contribution in [1.29, 1.82) is 0 Å². The van der Waals surface area contributed by atoms with E-state index in [0.29, 0.717) is 5.90 Å². The van der Waals surface area contributed by atoms with E-state index in [0.717, 1.165) is 64.9 Å². The zero-order chi connectivity index (χ0) is 27.6. The highest BCUT2D eigenvalue weighted by Crippen LogP contribution is 2.34. The molecular weight excluding hydrogens is 492 g/mol. The number of nitrogens with one attached hydrogen (secondary N) is 2. The van der Waals surface area contributed by atoms with E-state index in [2.05, 4.69) is 55.4 Å². The number of rotatable bonds is 6. The summed E-state index contributed by atoms with van der Waals surface area (Å²) in [5.74, 6) is 0.969. The van der Waals surface area contributed by atoms with Crippen LogP contribution in [0, 0.1) is 5.41 Å². The van der Waals surface area contributed by atoms with E-state index in [1.807, 2.05) is 40.1 Å². The van der Waals surface area contributed by atoms with Crippen molar-refractivity contribution in [3.05, 3.63) is 54.0 Å². The third-order valence-corrected chi connectivity index (χ3v) is 6.88. The Morgan fingerprint density at radius 2 is 2.10 bits per heavy atom. The van der Waals surface area contributed by atoms with Gasteiger partial charge in [0, 0.05) is 37.1 Å². The van der Waals surface area contributed by atoms with Crippen molar-refractivity contribution in [1.82, 2.24) is 30.0 Å². The standard InChI is InChI=1S/C29H34N8O2/c1-29(2,3)28(39-30-4)32-16-24(38)34-23-9-7-6-8-18-14-19(10-11-21(18)23)22-12-13-31-27-25(22)35-26(36-27)20-15-33-37(5)17-20/h10-15,17,23H,4,6-9,16H2,1-3,5H3,(H,34,38)(H,31,35,36)/b32-28-. The van der Waals surface area contributed by atoms with Gasteiger partial charge in [0.2, 0.25) is 11.8 Å². The molecule has 4 aromatic rings. The first-order chi connectivity index (χ1) is 18.7. The number of benzene rings is 1. The van der Waals surface area contributed by atoms with Crippen LogP contribution in [0.4, 0.5) is 0 Å². The number of aromatic amines is 1. The summed E-state index contributed by atoms with van der Waals surface area (Å²) in [6.07, 6.45) is 9.44. The van der Waals surface area contributed by atoms with Crippen LogP contribution >= 0.6 is 0 Å². The van der Waals surface area contributed by atoms with E-state index in [9.17, 15) is 4.79 Å². The summed E-state index contributed by atoms with van der Waals surface area (Å²) in [5, 5.41) is 10.9. The highest BCUT2D eigenvalue weighted by Gasteiger charge is 2.24. The molecule has 1 aliphatic rings. The summed E-state index contributed by atoms with van der Waals surface area (Å²) in [7, 11) is 1.88. The second-order valence-electron chi connectivity index (χ2n) is 10.9. The average molecular weight is 527 g/mol. The van der Waals surface area contributed by atoms with E-state index >= 15 is 0 Å². The Balaban J connectivity index is 1.40. The minimum Gasteiger partial charge on any atom is -0.348 e. The number of nitrogens with zero attached hydrogens (tertiary/aromatic N) is 6. The summed E-state index contributed by atoms with van der Waals surface area (Å²) >= 11 is 0. The number of aromatic nitrogens is 5. The summed E-state index contributed by atoms with van der Waals surface area (Å²) in [6, 6.07) is 8.40. The second-order valence-corrected chi connectivity index (χ2v) is 10.9. The molecule has 10 heteroatoms. The maximum absolute atomic E-state index is 12.9. The van der Waals surface area contributed by atoms with Gasteiger partial charge >= 0.3 is 0 Å². The zero-order valence-electron chi connectivity index (χ0n) is 22.9. The van der Waals surface area contributed by atoms with Gasteiger partial charge < -0.3 is 15.1 Å². The Hall–Kier alpha value is -4.34. The van der Waals surface area contributed by atoms with Crippen LogP contribution in [0.15, 0.2) is 53.0 Å². The lowest BCUT2D eigenvalue weighted by molar-refractivity contribution is -0.120. The molecule has 0 bridgehead atoms. The molecule has 2 N–H and O–H groups in total. The number of aryl methyl sites for hydroxylation is 2. The van der Waals surface area contributed by atoms with Gasteiger partial charge in [-0.2, -0.15) is 5.10 Å². The summed E-state index contributed by atoms with van der Waals surface area (Å²) in [5.41, 5.74) is 6.56. The number of pyridine rings is 1. The van der Waals surface area contributed by atoms with E-state index < -0.39 is 0 Å². The molecule has 0 saturated heterocycles. The van der Waals surface area contributed by atoms with Crippen molar-refractivity contribution in [3.8, 4) is 22.5 Å². The molecule has 3 aromatic heterocycles. The molecule has 0 saturated carbocycles. The van der Waals surface area contributed by atoms with Gasteiger partial charge in [-0.1, -0.05) is 50.5 Å². The van der Waals surface area contributed by atoms with Crippen molar-refractivity contribution in [2.24, 2.45) is 22.6 Å². The number of fused-ring (bicyclic) bond motifs is 2. The third kappa shape index (κ3) is 5.74. The fourth-order valence-electron chi connectivity index (χ4n) is 4.97. The van der Waals surface area contributed by atoms with Crippen LogP contribution in [0.25, 0.3) is 33.7 Å². The zero-order valence-corrected chi connectivity index (χ0v) is 22.9. The molecule has 0 radical (unpaired) electrons. The predicted octanol–water partition coefficient (Wildman–Crippen LogP) is 4.99. The molecule has 1 unspecified atom stereocenters. The molecule has 202 valence electrons. The number of H-pyrrole nitrogens is 1. The largest absolute Gasteiger partial charge is 0.348 e. The molecule has 39 heavy (non-hydrogen) atoms. The van der Waals surface area contributed by atoms with Crippen molar-refractivity contribution >= 4 is 29.7 Å². The third-order valence-electron chi connectivity index (χ3n) is 6.88. The fraction of sp³-hybridized carbons (Fsp3) is 0.379. The lowest BCUT2D eigenvalue weighted by Gasteiger charge is -2.21. The summed E-state index contributed by atoms with van der Waals surface area (Å²) in [6.45, 7) is 9.19. The van der Waals surface area contributed by atoms with Gasteiger partial charge in [-0.15, -0.1) is 0 Å². The van der Waals surface area contributed by atoms with E-state index in [1.54, 1.807) is 17.1 Å². The second kappa shape index (κ2) is 10.8. The van der Waals surface area contributed by atoms with Crippen LogP contribution in [0.2, 0.25) is 0 Å². The van der Waals surface area contributed by atoms with Gasteiger partial charge in [0.25, 0.3) is 0 Å². The fourth-order valence-corrected chi connectivity index (χ4v) is 4.97. The van der Waals surface area contributed by atoms with Gasteiger partial charge in [-0.05, 0) is 42.0 Å². The van der Waals surface area contributed by atoms with Crippen LogP contribution in [0.5, 0.6) is 0 Å². The van der Waals surface area contributed by atoms with Crippen molar-refractivity contribution in [2.45, 2.75) is 52.5 Å². The Morgan fingerprint density at radius 3 is 2.85 bits per heavy atom. The van der Waals surface area contributed by atoms with E-state index in [1.165, 1.54) is 5.56 Å². The van der Waals surface area contributed by atoms with E-state index in [-0.39, 0.29) is 23.9 Å².